The van der Waals surface area contributed by atoms with Crippen molar-refractivity contribution in [2.45, 2.75) is 19.8 Å². The highest BCUT2D eigenvalue weighted by Crippen LogP contribution is 2.16. The third kappa shape index (κ3) is 5.44. The molecule has 0 aromatic carbocycles. The number of rotatable bonds is 6. The molecule has 0 atom stereocenters. The molecule has 2 rings (SSSR count). The fraction of sp³-hybridized carbons (Fsp3) is 0.688. The van der Waals surface area contributed by atoms with Gasteiger partial charge in [0.1, 0.15) is 0 Å². The van der Waals surface area contributed by atoms with E-state index in [0.717, 1.165) is 44.8 Å². The van der Waals surface area contributed by atoms with E-state index in [2.05, 4.69) is 26.9 Å². The number of aryl methyl sites for hydroxylation is 1. The van der Waals surface area contributed by atoms with Crippen LogP contribution in [0.1, 0.15) is 18.5 Å². The van der Waals surface area contributed by atoms with Crippen molar-refractivity contribution in [1.82, 2.24) is 14.2 Å². The fourth-order valence-electron chi connectivity index (χ4n) is 2.83. The average molecular weight is 340 g/mol. The van der Waals surface area contributed by atoms with Gasteiger partial charge in [-0.3, -0.25) is 4.98 Å². The Balaban J connectivity index is 1.82. The van der Waals surface area contributed by atoms with Crippen molar-refractivity contribution in [1.29, 1.82) is 0 Å². The van der Waals surface area contributed by atoms with Crippen LogP contribution in [0.15, 0.2) is 18.3 Å². The van der Waals surface area contributed by atoms with Crippen LogP contribution in [-0.2, 0) is 10.0 Å². The molecule has 0 aliphatic carbocycles. The lowest BCUT2D eigenvalue weighted by Gasteiger charge is -2.24. The Labute approximate surface area is 140 Å². The number of sulfonamides is 1. The minimum Gasteiger partial charge on any atom is -0.370 e. The molecule has 0 spiro atoms. The molecule has 1 aliphatic heterocycles. The minimum absolute atomic E-state index is 0.226. The SMILES string of the molecule is Cc1cc(N2CCCN(CCCS(=O)(=O)N(C)C)CC2)ccn1. The summed E-state index contributed by atoms with van der Waals surface area (Å²) in [4.78, 5) is 9.02. The van der Waals surface area contributed by atoms with Gasteiger partial charge < -0.3 is 9.80 Å². The maximum Gasteiger partial charge on any atom is 0.213 e. The van der Waals surface area contributed by atoms with Gasteiger partial charge in [-0.1, -0.05) is 0 Å². The van der Waals surface area contributed by atoms with E-state index in [1.807, 2.05) is 13.1 Å². The van der Waals surface area contributed by atoms with Gasteiger partial charge in [0.05, 0.1) is 5.75 Å². The smallest absolute Gasteiger partial charge is 0.213 e. The highest BCUT2D eigenvalue weighted by molar-refractivity contribution is 7.89. The Morgan fingerprint density at radius 2 is 2.00 bits per heavy atom. The van der Waals surface area contributed by atoms with Crippen molar-refractivity contribution in [3.8, 4) is 0 Å². The predicted molar refractivity (Wildman–Crippen MR) is 94.3 cm³/mol. The summed E-state index contributed by atoms with van der Waals surface area (Å²) in [6, 6.07) is 4.19. The molecule has 130 valence electrons. The van der Waals surface area contributed by atoms with Gasteiger partial charge in [0.2, 0.25) is 10.0 Å². The van der Waals surface area contributed by atoms with E-state index in [1.54, 1.807) is 14.1 Å². The molecule has 0 bridgehead atoms. The molecule has 1 aromatic rings. The molecule has 2 heterocycles. The summed E-state index contributed by atoms with van der Waals surface area (Å²) in [7, 11) is 0.109. The maximum atomic E-state index is 11.8. The summed E-state index contributed by atoms with van der Waals surface area (Å²) in [6.45, 7) is 6.88. The largest absolute Gasteiger partial charge is 0.370 e. The summed E-state index contributed by atoms with van der Waals surface area (Å²) < 4.78 is 24.9. The molecule has 7 heteroatoms. The van der Waals surface area contributed by atoms with E-state index in [9.17, 15) is 8.42 Å². The zero-order valence-corrected chi connectivity index (χ0v) is 15.2. The molecule has 23 heavy (non-hydrogen) atoms. The molecule has 6 nitrogen and oxygen atoms in total. The zero-order valence-electron chi connectivity index (χ0n) is 14.4. The van der Waals surface area contributed by atoms with Crippen molar-refractivity contribution in [3.05, 3.63) is 24.0 Å². The van der Waals surface area contributed by atoms with Gasteiger partial charge in [-0.2, -0.15) is 0 Å². The van der Waals surface area contributed by atoms with E-state index < -0.39 is 10.0 Å². The highest BCUT2D eigenvalue weighted by atomic mass is 32.2. The van der Waals surface area contributed by atoms with Crippen LogP contribution in [0.25, 0.3) is 0 Å². The predicted octanol–water partition coefficient (Wildman–Crippen LogP) is 1.18. The third-order valence-corrected chi connectivity index (χ3v) is 6.18. The Bertz CT molecular complexity index is 604. The normalized spacial score (nSPS) is 17.5. The van der Waals surface area contributed by atoms with Crippen LogP contribution in [0.5, 0.6) is 0 Å². The van der Waals surface area contributed by atoms with Crippen LogP contribution in [-0.4, -0.2) is 75.2 Å². The summed E-state index contributed by atoms with van der Waals surface area (Å²) in [5.74, 6) is 0.226. The highest BCUT2D eigenvalue weighted by Gasteiger charge is 2.17. The van der Waals surface area contributed by atoms with E-state index in [-0.39, 0.29) is 5.75 Å². The van der Waals surface area contributed by atoms with Gasteiger partial charge in [-0.15, -0.1) is 0 Å². The van der Waals surface area contributed by atoms with E-state index in [1.165, 1.54) is 9.99 Å². The van der Waals surface area contributed by atoms with Gasteiger partial charge in [-0.05, 0) is 45.0 Å². The second-order valence-electron chi connectivity index (χ2n) is 6.29. The zero-order chi connectivity index (χ0) is 16.9. The van der Waals surface area contributed by atoms with Gasteiger partial charge >= 0.3 is 0 Å². The molecule has 0 unspecified atom stereocenters. The van der Waals surface area contributed by atoms with Crippen LogP contribution in [0.3, 0.4) is 0 Å². The van der Waals surface area contributed by atoms with Gasteiger partial charge in [-0.25, -0.2) is 12.7 Å². The van der Waals surface area contributed by atoms with Crippen molar-refractivity contribution < 1.29 is 8.42 Å². The molecule has 0 amide bonds. The molecular formula is C16H28N4O2S. The Morgan fingerprint density at radius 3 is 2.70 bits per heavy atom. The van der Waals surface area contributed by atoms with Gasteiger partial charge in [0.15, 0.2) is 0 Å². The Hall–Kier alpha value is -1.18. The average Bonchev–Trinajstić information content (AvgIpc) is 2.72. The molecule has 0 N–H and O–H groups in total. The lowest BCUT2D eigenvalue weighted by molar-refractivity contribution is 0.294. The lowest BCUT2D eigenvalue weighted by Crippen LogP contribution is -2.33. The van der Waals surface area contributed by atoms with Crippen LogP contribution in [0, 0.1) is 6.92 Å². The Morgan fingerprint density at radius 1 is 1.22 bits per heavy atom. The molecule has 0 saturated carbocycles. The van der Waals surface area contributed by atoms with Crippen LogP contribution in [0.4, 0.5) is 5.69 Å². The number of pyridine rings is 1. The van der Waals surface area contributed by atoms with Crippen molar-refractivity contribution in [2.24, 2.45) is 0 Å². The van der Waals surface area contributed by atoms with E-state index in [0.29, 0.717) is 6.42 Å². The summed E-state index contributed by atoms with van der Waals surface area (Å²) >= 11 is 0. The van der Waals surface area contributed by atoms with E-state index >= 15 is 0 Å². The Kier molecular flexibility index (Phi) is 6.38. The van der Waals surface area contributed by atoms with Crippen molar-refractivity contribution >= 4 is 15.7 Å². The molecule has 1 saturated heterocycles. The number of hydrogen-bond acceptors (Lipinski definition) is 5. The third-order valence-electron chi connectivity index (χ3n) is 4.27. The quantitative estimate of drug-likeness (QED) is 0.778. The van der Waals surface area contributed by atoms with Crippen LogP contribution in [0.2, 0.25) is 0 Å². The van der Waals surface area contributed by atoms with E-state index in [4.69, 9.17) is 0 Å². The van der Waals surface area contributed by atoms with Crippen molar-refractivity contribution in [2.75, 3.05) is 57.5 Å². The fourth-order valence-corrected chi connectivity index (χ4v) is 3.69. The maximum absolute atomic E-state index is 11.8. The molecule has 1 aromatic heterocycles. The van der Waals surface area contributed by atoms with Crippen molar-refractivity contribution in [3.63, 3.8) is 0 Å². The topological polar surface area (TPSA) is 56.8 Å². The molecule has 1 fully saturated rings. The van der Waals surface area contributed by atoms with Gasteiger partial charge in [0.25, 0.3) is 0 Å². The first kappa shape index (κ1) is 18.2. The molecular weight excluding hydrogens is 312 g/mol. The number of aromatic nitrogens is 1. The standard InChI is InChI=1S/C16H28N4O2S/c1-15-14-16(6-7-17-15)20-10-4-8-19(11-12-20)9-5-13-23(21,22)18(2)3/h6-7,14H,4-5,8-13H2,1-3H3. The summed E-state index contributed by atoms with van der Waals surface area (Å²) in [5, 5.41) is 0. The van der Waals surface area contributed by atoms with Gasteiger partial charge in [0, 0.05) is 51.3 Å². The monoisotopic (exact) mass is 340 g/mol. The molecule has 1 aliphatic rings. The summed E-state index contributed by atoms with van der Waals surface area (Å²) in [5.41, 5.74) is 2.27. The first-order valence-corrected chi connectivity index (χ1v) is 9.79. The number of hydrogen-bond donors (Lipinski definition) is 0. The second kappa shape index (κ2) is 8.08. The van der Waals surface area contributed by atoms with Crippen LogP contribution < -0.4 is 4.90 Å². The minimum atomic E-state index is -3.08. The molecule has 0 radical (unpaired) electrons. The second-order valence-corrected chi connectivity index (χ2v) is 8.59. The first-order chi connectivity index (χ1) is 10.9. The van der Waals surface area contributed by atoms with Crippen LogP contribution >= 0.6 is 0 Å². The number of nitrogens with zero attached hydrogens (tertiary/aromatic N) is 4. The lowest BCUT2D eigenvalue weighted by atomic mass is 10.3. The summed E-state index contributed by atoms with van der Waals surface area (Å²) in [6.07, 6.45) is 3.65. The number of anilines is 1. The first-order valence-electron chi connectivity index (χ1n) is 8.18.